The molecule has 0 aliphatic carbocycles. The molecule has 1 aliphatic rings. The van der Waals surface area contributed by atoms with Crippen molar-refractivity contribution in [2.75, 3.05) is 11.4 Å². The number of carbonyl (C=O) groups excluding carboxylic acids is 3. The topological polar surface area (TPSA) is 150 Å². The van der Waals surface area contributed by atoms with Crippen molar-refractivity contribution in [3.05, 3.63) is 23.8 Å². The first-order valence-corrected chi connectivity index (χ1v) is 8.47. The van der Waals surface area contributed by atoms with Crippen molar-refractivity contribution in [2.45, 2.75) is 38.8 Å². The number of carboxylic acid groups (broad SMARTS) is 2. The molecular weight excluding hydrogens is 372 g/mol. The van der Waals surface area contributed by atoms with Crippen LogP contribution in [0.3, 0.4) is 0 Å². The van der Waals surface area contributed by atoms with Gasteiger partial charge in [0.15, 0.2) is 11.9 Å². The van der Waals surface area contributed by atoms with Gasteiger partial charge in [0.1, 0.15) is 18.3 Å². The average Bonchev–Trinajstić information content (AvgIpc) is 2.61. The van der Waals surface area contributed by atoms with Crippen LogP contribution in [0.25, 0.3) is 0 Å². The van der Waals surface area contributed by atoms with Crippen molar-refractivity contribution in [1.82, 2.24) is 5.32 Å². The van der Waals surface area contributed by atoms with Crippen molar-refractivity contribution < 1.29 is 38.9 Å². The molecule has 0 aromatic heterocycles. The number of benzene rings is 1. The number of carboxylic acids is 2. The molecule has 2 atom stereocenters. The predicted octanol–water partition coefficient (Wildman–Crippen LogP) is 0.437. The third-order valence-corrected chi connectivity index (χ3v) is 4.16. The third kappa shape index (κ3) is 4.84. The fourth-order valence-corrected chi connectivity index (χ4v) is 2.70. The monoisotopic (exact) mass is 392 g/mol. The van der Waals surface area contributed by atoms with Crippen LogP contribution >= 0.6 is 0 Å². The van der Waals surface area contributed by atoms with Crippen LogP contribution in [0.1, 0.15) is 37.0 Å². The summed E-state index contributed by atoms with van der Waals surface area (Å²) in [4.78, 5) is 59.4. The zero-order valence-corrected chi connectivity index (χ0v) is 15.3. The smallest absolute Gasteiger partial charge is 0.326 e. The second-order valence-corrected chi connectivity index (χ2v) is 6.31. The van der Waals surface area contributed by atoms with Gasteiger partial charge in [0.2, 0.25) is 5.91 Å². The Hall–Kier alpha value is -3.43. The van der Waals surface area contributed by atoms with E-state index in [1.165, 1.54) is 32.0 Å². The van der Waals surface area contributed by atoms with Crippen LogP contribution in [0.2, 0.25) is 0 Å². The Kier molecular flexibility index (Phi) is 6.34. The van der Waals surface area contributed by atoms with Gasteiger partial charge in [-0.1, -0.05) is 0 Å². The molecule has 1 aromatic carbocycles. The largest absolute Gasteiger partial charge is 0.481 e. The average molecular weight is 392 g/mol. The van der Waals surface area contributed by atoms with Crippen molar-refractivity contribution in [1.29, 1.82) is 0 Å². The van der Waals surface area contributed by atoms with E-state index in [4.69, 9.17) is 14.9 Å². The summed E-state index contributed by atoms with van der Waals surface area (Å²) < 4.78 is 5.48. The van der Waals surface area contributed by atoms with Gasteiger partial charge >= 0.3 is 11.9 Å². The van der Waals surface area contributed by atoms with Crippen LogP contribution in [0.4, 0.5) is 5.69 Å². The van der Waals surface area contributed by atoms with Gasteiger partial charge in [-0.25, -0.2) is 4.79 Å². The number of fused-ring (bicyclic) bond motifs is 1. The maximum Gasteiger partial charge on any atom is 0.326 e. The molecule has 0 bridgehead atoms. The second-order valence-electron chi connectivity index (χ2n) is 6.31. The normalized spacial score (nSPS) is 16.6. The predicted molar refractivity (Wildman–Crippen MR) is 95.3 cm³/mol. The minimum absolute atomic E-state index is 0.225. The Morgan fingerprint density at radius 1 is 1.25 bits per heavy atom. The summed E-state index contributed by atoms with van der Waals surface area (Å²) in [5.41, 5.74) is 0.545. The maximum absolute atomic E-state index is 12.5. The summed E-state index contributed by atoms with van der Waals surface area (Å²) in [7, 11) is 0. The van der Waals surface area contributed by atoms with Gasteiger partial charge in [0.25, 0.3) is 5.91 Å². The Labute approximate surface area is 160 Å². The highest BCUT2D eigenvalue weighted by atomic mass is 16.5. The first-order valence-electron chi connectivity index (χ1n) is 8.47. The molecule has 3 N–H and O–H groups in total. The minimum atomic E-state index is -1.40. The Balaban J connectivity index is 2.21. The molecule has 2 unspecified atom stereocenters. The van der Waals surface area contributed by atoms with Crippen LogP contribution in [0.5, 0.6) is 5.75 Å². The second kappa shape index (κ2) is 8.51. The number of anilines is 1. The van der Waals surface area contributed by atoms with Crippen LogP contribution in [0, 0.1) is 0 Å². The zero-order chi connectivity index (χ0) is 21.0. The maximum atomic E-state index is 12.5. The molecule has 1 aliphatic heterocycles. The Morgan fingerprint density at radius 2 is 1.93 bits per heavy atom. The number of hydrogen-bond acceptors (Lipinski definition) is 6. The summed E-state index contributed by atoms with van der Waals surface area (Å²) in [5, 5.41) is 20.0. The van der Waals surface area contributed by atoms with E-state index < -0.39 is 48.9 Å². The van der Waals surface area contributed by atoms with Crippen LogP contribution in [-0.2, 0) is 19.2 Å². The van der Waals surface area contributed by atoms with Gasteiger partial charge in [-0.15, -0.1) is 0 Å². The summed E-state index contributed by atoms with van der Waals surface area (Å²) in [6.45, 7) is 2.35. The molecule has 10 heteroatoms. The zero-order valence-electron chi connectivity index (χ0n) is 15.3. The molecule has 2 rings (SSSR count). The Bertz CT molecular complexity index is 835. The lowest BCUT2D eigenvalue weighted by atomic mass is 10.1. The summed E-state index contributed by atoms with van der Waals surface area (Å²) in [6.07, 6.45) is -1.60. The number of amides is 2. The highest BCUT2D eigenvalue weighted by Crippen LogP contribution is 2.34. The van der Waals surface area contributed by atoms with E-state index in [0.717, 1.165) is 4.90 Å². The van der Waals surface area contributed by atoms with E-state index in [1.54, 1.807) is 0 Å². The number of carbonyl (C=O) groups is 5. The fourth-order valence-electron chi connectivity index (χ4n) is 2.70. The number of nitrogens with zero attached hydrogens (tertiary/aromatic N) is 1. The van der Waals surface area contributed by atoms with E-state index in [1.807, 2.05) is 0 Å². The van der Waals surface area contributed by atoms with Crippen molar-refractivity contribution >= 4 is 35.2 Å². The van der Waals surface area contributed by atoms with Crippen LogP contribution < -0.4 is 15.0 Å². The number of hydrogen-bond donors (Lipinski definition) is 3. The van der Waals surface area contributed by atoms with E-state index in [9.17, 15) is 24.0 Å². The minimum Gasteiger partial charge on any atom is -0.481 e. The van der Waals surface area contributed by atoms with E-state index >= 15 is 0 Å². The molecule has 1 heterocycles. The number of Topliss-reactive ketones (excluding diaryl/α,β-unsaturated/α-hetero) is 1. The molecule has 150 valence electrons. The molecule has 28 heavy (non-hydrogen) atoms. The molecule has 2 amide bonds. The molecule has 0 saturated carbocycles. The molecule has 0 radical (unpaired) electrons. The Morgan fingerprint density at radius 3 is 2.50 bits per heavy atom. The first kappa shape index (κ1) is 20.9. The number of rotatable bonds is 8. The number of nitrogens with one attached hydrogen (secondary N) is 1. The quantitative estimate of drug-likeness (QED) is 0.539. The summed E-state index contributed by atoms with van der Waals surface area (Å²) >= 11 is 0. The van der Waals surface area contributed by atoms with Crippen molar-refractivity contribution in [2.24, 2.45) is 0 Å². The highest BCUT2D eigenvalue weighted by molar-refractivity contribution is 6.05. The van der Waals surface area contributed by atoms with E-state index in [2.05, 4.69) is 5.32 Å². The van der Waals surface area contributed by atoms with Crippen LogP contribution in [-0.4, -0.2) is 58.4 Å². The lowest BCUT2D eigenvalue weighted by Gasteiger charge is -2.33. The summed E-state index contributed by atoms with van der Waals surface area (Å²) in [5.74, 6) is -3.80. The first-order chi connectivity index (χ1) is 13.1. The number of aliphatic carboxylic acids is 2. The van der Waals surface area contributed by atoms with Gasteiger partial charge < -0.3 is 20.3 Å². The van der Waals surface area contributed by atoms with Gasteiger partial charge in [0, 0.05) is 12.0 Å². The highest BCUT2D eigenvalue weighted by Gasteiger charge is 2.34. The van der Waals surface area contributed by atoms with Gasteiger partial charge in [-0.2, -0.15) is 0 Å². The lowest BCUT2D eigenvalue weighted by molar-refractivity contribution is -0.142. The SMILES string of the molecule is CC(=O)c1ccc2c(c1)N(CC(=O)NC(CCC(=O)O)C(=O)O)C(=O)C(C)O2. The lowest BCUT2D eigenvalue weighted by Crippen LogP contribution is -2.51. The molecule has 0 spiro atoms. The molecule has 0 saturated heterocycles. The van der Waals surface area contributed by atoms with Gasteiger partial charge in [0.05, 0.1) is 5.69 Å². The van der Waals surface area contributed by atoms with Gasteiger partial charge in [-0.05, 0) is 38.5 Å². The van der Waals surface area contributed by atoms with E-state index in [0.29, 0.717) is 11.3 Å². The van der Waals surface area contributed by atoms with Crippen molar-refractivity contribution in [3.8, 4) is 5.75 Å². The standard InChI is InChI=1S/C18H20N2O8/c1-9(21)11-3-5-14-13(7-11)20(17(25)10(2)28-14)8-15(22)19-12(18(26)27)4-6-16(23)24/h3,5,7,10,12H,4,6,8H2,1-2H3,(H,19,22)(H,23,24)(H,26,27). The summed E-state index contributed by atoms with van der Waals surface area (Å²) in [6, 6.07) is 3.08. The number of ketones is 1. The molecular formula is C18H20N2O8. The van der Waals surface area contributed by atoms with E-state index in [-0.39, 0.29) is 17.9 Å². The van der Waals surface area contributed by atoms with Crippen LogP contribution in [0.15, 0.2) is 18.2 Å². The van der Waals surface area contributed by atoms with Crippen molar-refractivity contribution in [3.63, 3.8) is 0 Å². The number of ether oxygens (including phenoxy) is 1. The fraction of sp³-hybridized carbons (Fsp3) is 0.389. The molecule has 0 fully saturated rings. The van der Waals surface area contributed by atoms with Gasteiger partial charge in [-0.3, -0.25) is 24.1 Å². The molecule has 10 nitrogen and oxygen atoms in total. The molecule has 1 aromatic rings. The third-order valence-electron chi connectivity index (χ3n) is 4.16.